The minimum absolute atomic E-state index is 0.00178. The molecule has 1 saturated heterocycles. The summed E-state index contributed by atoms with van der Waals surface area (Å²) < 4.78 is 41.8. The molecular formula is C28H27NO7S2. The van der Waals surface area contributed by atoms with Gasteiger partial charge in [-0.2, -0.15) is 8.42 Å². The fourth-order valence-electron chi connectivity index (χ4n) is 3.67. The number of carbonyl (C=O) groups is 2. The van der Waals surface area contributed by atoms with Crippen LogP contribution in [0.4, 0.5) is 4.79 Å². The Morgan fingerprint density at radius 3 is 2.29 bits per heavy atom. The van der Waals surface area contributed by atoms with Gasteiger partial charge < -0.3 is 13.7 Å². The number of imide groups is 1. The van der Waals surface area contributed by atoms with E-state index in [0.717, 1.165) is 33.4 Å². The van der Waals surface area contributed by atoms with Gasteiger partial charge in [0.15, 0.2) is 11.5 Å². The molecule has 0 atom stereocenters. The number of thioether (sulfide) groups is 1. The van der Waals surface area contributed by atoms with Crippen molar-refractivity contribution in [1.29, 1.82) is 0 Å². The van der Waals surface area contributed by atoms with Gasteiger partial charge in [-0.3, -0.25) is 14.5 Å². The molecule has 0 unspecified atom stereocenters. The van der Waals surface area contributed by atoms with Crippen molar-refractivity contribution in [3.63, 3.8) is 0 Å². The highest BCUT2D eigenvalue weighted by molar-refractivity contribution is 8.18. The molecule has 1 heterocycles. The molecule has 0 N–H and O–H groups in total. The Morgan fingerprint density at radius 2 is 1.58 bits per heavy atom. The van der Waals surface area contributed by atoms with Gasteiger partial charge in [0.25, 0.3) is 11.1 Å². The van der Waals surface area contributed by atoms with Crippen molar-refractivity contribution in [2.45, 2.75) is 25.7 Å². The first-order valence-corrected chi connectivity index (χ1v) is 13.9. The average Bonchev–Trinajstić information content (AvgIpc) is 3.14. The monoisotopic (exact) mass is 553 g/mol. The van der Waals surface area contributed by atoms with Gasteiger partial charge in [0.2, 0.25) is 0 Å². The second-order valence-corrected chi connectivity index (χ2v) is 11.3. The molecule has 0 saturated carbocycles. The van der Waals surface area contributed by atoms with Crippen molar-refractivity contribution >= 4 is 39.1 Å². The summed E-state index contributed by atoms with van der Waals surface area (Å²) in [4.78, 5) is 26.8. The smallest absolute Gasteiger partial charge is 0.339 e. The Balaban J connectivity index is 1.46. The van der Waals surface area contributed by atoms with Crippen molar-refractivity contribution in [2.24, 2.45) is 0 Å². The highest BCUT2D eigenvalue weighted by Crippen LogP contribution is 2.35. The minimum atomic E-state index is -4.07. The zero-order valence-electron chi connectivity index (χ0n) is 21.4. The first kappa shape index (κ1) is 27.3. The molecule has 2 amide bonds. The average molecular weight is 554 g/mol. The third-order valence-electron chi connectivity index (χ3n) is 5.78. The van der Waals surface area contributed by atoms with E-state index >= 15 is 0 Å². The van der Waals surface area contributed by atoms with Gasteiger partial charge in [-0.15, -0.1) is 0 Å². The van der Waals surface area contributed by atoms with E-state index < -0.39 is 16.0 Å². The van der Waals surface area contributed by atoms with E-state index in [9.17, 15) is 18.0 Å². The van der Waals surface area contributed by atoms with Crippen molar-refractivity contribution in [2.75, 3.05) is 20.3 Å². The van der Waals surface area contributed by atoms with Crippen LogP contribution < -0.4 is 13.7 Å². The molecule has 0 aliphatic carbocycles. The van der Waals surface area contributed by atoms with Crippen molar-refractivity contribution in [3.05, 3.63) is 87.8 Å². The second kappa shape index (κ2) is 11.3. The number of ether oxygens (including phenoxy) is 2. The summed E-state index contributed by atoms with van der Waals surface area (Å²) in [5, 5.41) is -0.387. The molecule has 0 spiro atoms. The second-order valence-electron chi connectivity index (χ2n) is 8.71. The molecule has 3 aromatic rings. The van der Waals surface area contributed by atoms with Gasteiger partial charge in [0.05, 0.1) is 18.6 Å². The predicted molar refractivity (Wildman–Crippen MR) is 146 cm³/mol. The molecule has 1 aliphatic rings. The largest absolute Gasteiger partial charge is 0.493 e. The lowest BCUT2D eigenvalue weighted by atomic mass is 10.1. The zero-order valence-corrected chi connectivity index (χ0v) is 23.0. The molecular weight excluding hydrogens is 526 g/mol. The summed E-state index contributed by atoms with van der Waals surface area (Å²) in [5.74, 6) is 0.453. The standard InChI is InChI=1S/C28H27NO7S2/c1-18-6-10-22(11-7-18)38(32,33)36-23-12-9-21(16-25(23)34-4)17-26-27(30)29(28(31)37-26)13-14-35-24-15-19(2)5-8-20(24)3/h5-12,15-17H,13-14H2,1-4H3/b26-17-. The van der Waals surface area contributed by atoms with Crippen LogP contribution in [-0.2, 0) is 14.9 Å². The Hall–Kier alpha value is -3.76. The summed E-state index contributed by atoms with van der Waals surface area (Å²) in [6.07, 6.45) is 1.55. The van der Waals surface area contributed by atoms with Crippen molar-refractivity contribution in [1.82, 2.24) is 4.90 Å². The van der Waals surface area contributed by atoms with E-state index in [4.69, 9.17) is 13.7 Å². The highest BCUT2D eigenvalue weighted by Gasteiger charge is 2.35. The predicted octanol–water partition coefficient (Wildman–Crippen LogP) is 5.50. The molecule has 0 radical (unpaired) electrons. The Labute approximate surface area is 226 Å². The van der Waals surface area contributed by atoms with Crippen LogP contribution in [0.1, 0.15) is 22.3 Å². The molecule has 10 heteroatoms. The van der Waals surface area contributed by atoms with Gasteiger partial charge in [-0.1, -0.05) is 35.9 Å². The maximum atomic E-state index is 12.9. The summed E-state index contributed by atoms with van der Waals surface area (Å²) in [7, 11) is -2.69. The lowest BCUT2D eigenvalue weighted by Crippen LogP contribution is -2.32. The van der Waals surface area contributed by atoms with Crippen LogP contribution in [-0.4, -0.2) is 44.7 Å². The van der Waals surface area contributed by atoms with E-state index in [0.29, 0.717) is 11.3 Å². The first-order chi connectivity index (χ1) is 18.1. The highest BCUT2D eigenvalue weighted by atomic mass is 32.2. The van der Waals surface area contributed by atoms with Gasteiger partial charge in [-0.05, 0) is 85.6 Å². The third kappa shape index (κ3) is 6.20. The van der Waals surface area contributed by atoms with Crippen LogP contribution in [0.15, 0.2) is 70.5 Å². The minimum Gasteiger partial charge on any atom is -0.493 e. The number of amides is 2. The van der Waals surface area contributed by atoms with Gasteiger partial charge in [0.1, 0.15) is 17.3 Å². The molecule has 38 heavy (non-hydrogen) atoms. The molecule has 0 aromatic heterocycles. The first-order valence-electron chi connectivity index (χ1n) is 11.7. The van der Waals surface area contributed by atoms with Gasteiger partial charge in [-0.25, -0.2) is 0 Å². The van der Waals surface area contributed by atoms with Crippen molar-refractivity contribution < 1.29 is 31.7 Å². The van der Waals surface area contributed by atoms with E-state index in [-0.39, 0.29) is 39.7 Å². The lowest BCUT2D eigenvalue weighted by molar-refractivity contribution is -0.123. The van der Waals surface area contributed by atoms with Crippen LogP contribution in [0.2, 0.25) is 0 Å². The fourth-order valence-corrected chi connectivity index (χ4v) is 5.47. The number of hydrogen-bond acceptors (Lipinski definition) is 8. The maximum absolute atomic E-state index is 12.9. The SMILES string of the molecule is COc1cc(/C=C2\SC(=O)N(CCOc3cc(C)ccc3C)C2=O)ccc1OS(=O)(=O)c1ccc(C)cc1. The lowest BCUT2D eigenvalue weighted by Gasteiger charge is -2.14. The Bertz CT molecular complexity index is 1510. The Kier molecular flexibility index (Phi) is 8.13. The number of hydrogen-bond donors (Lipinski definition) is 0. The number of carbonyl (C=O) groups excluding carboxylic acids is 2. The van der Waals surface area contributed by atoms with Crippen molar-refractivity contribution in [3.8, 4) is 17.2 Å². The molecule has 1 fully saturated rings. The summed E-state index contributed by atoms with van der Waals surface area (Å²) in [6.45, 7) is 6.03. The third-order valence-corrected chi connectivity index (χ3v) is 7.94. The van der Waals surface area contributed by atoms with Gasteiger partial charge >= 0.3 is 10.1 Å². The topological polar surface area (TPSA) is 99.2 Å². The van der Waals surface area contributed by atoms with E-state index in [1.165, 1.54) is 31.4 Å². The van der Waals surface area contributed by atoms with Crippen LogP contribution >= 0.6 is 11.8 Å². The van der Waals surface area contributed by atoms with Crippen LogP contribution in [0.3, 0.4) is 0 Å². The summed E-state index contributed by atoms with van der Waals surface area (Å²) in [5.41, 5.74) is 3.49. The number of rotatable bonds is 9. The van der Waals surface area contributed by atoms with Crippen LogP contribution in [0.5, 0.6) is 17.2 Å². The molecule has 4 rings (SSSR count). The molecule has 198 valence electrons. The maximum Gasteiger partial charge on any atom is 0.339 e. The van der Waals surface area contributed by atoms with E-state index in [2.05, 4.69) is 0 Å². The normalized spacial score (nSPS) is 14.7. The molecule has 8 nitrogen and oxygen atoms in total. The Morgan fingerprint density at radius 1 is 0.868 bits per heavy atom. The fraction of sp³-hybridized carbons (Fsp3) is 0.214. The molecule has 1 aliphatic heterocycles. The number of methoxy groups -OCH3 is 1. The summed E-state index contributed by atoms with van der Waals surface area (Å²) >= 11 is 0.830. The quantitative estimate of drug-likeness (QED) is 0.253. The van der Waals surface area contributed by atoms with Gasteiger partial charge in [0, 0.05) is 0 Å². The number of nitrogens with zero attached hydrogens (tertiary/aromatic N) is 1. The number of aryl methyl sites for hydroxylation is 3. The van der Waals surface area contributed by atoms with E-state index in [1.54, 1.807) is 24.3 Å². The summed E-state index contributed by atoms with van der Waals surface area (Å²) in [6, 6.07) is 16.7. The molecule has 3 aromatic carbocycles. The van der Waals surface area contributed by atoms with E-state index in [1.807, 2.05) is 39.0 Å². The number of benzene rings is 3. The zero-order chi connectivity index (χ0) is 27.4. The van der Waals surface area contributed by atoms with Crippen LogP contribution in [0, 0.1) is 20.8 Å². The molecule has 0 bridgehead atoms. The van der Waals surface area contributed by atoms with Crippen LogP contribution in [0.25, 0.3) is 6.08 Å².